The number of aryl methyl sites for hydroxylation is 3. The van der Waals surface area contributed by atoms with E-state index >= 15 is 0 Å². The highest BCUT2D eigenvalue weighted by atomic mass is 15.3. The Balaban J connectivity index is 1.55. The van der Waals surface area contributed by atoms with E-state index in [0.717, 1.165) is 25.2 Å². The minimum absolute atomic E-state index is 0.955. The van der Waals surface area contributed by atoms with Crippen molar-refractivity contribution in [1.29, 1.82) is 0 Å². The summed E-state index contributed by atoms with van der Waals surface area (Å²) in [6, 6.07) is 17.1. The van der Waals surface area contributed by atoms with Gasteiger partial charge in [-0.15, -0.1) is 0 Å². The van der Waals surface area contributed by atoms with E-state index < -0.39 is 0 Å². The second-order valence-corrected chi connectivity index (χ2v) is 5.49. The summed E-state index contributed by atoms with van der Waals surface area (Å²) < 4.78 is 2.08. The van der Waals surface area contributed by atoms with Gasteiger partial charge in [0.1, 0.15) is 0 Å². The Morgan fingerprint density at radius 2 is 1.81 bits per heavy atom. The first-order valence-electron chi connectivity index (χ1n) is 7.46. The van der Waals surface area contributed by atoms with Gasteiger partial charge in [0.15, 0.2) is 0 Å². The zero-order valence-electron chi connectivity index (χ0n) is 12.6. The van der Waals surface area contributed by atoms with Gasteiger partial charge in [-0.1, -0.05) is 30.3 Å². The topological polar surface area (TPSA) is 29.9 Å². The minimum Gasteiger partial charge on any atom is -0.385 e. The van der Waals surface area contributed by atoms with Crippen LogP contribution in [0, 0.1) is 13.8 Å². The number of nitrogens with one attached hydrogen (secondary N) is 1. The largest absolute Gasteiger partial charge is 0.385 e. The molecule has 0 atom stereocenters. The van der Waals surface area contributed by atoms with Crippen LogP contribution in [0.3, 0.4) is 0 Å². The van der Waals surface area contributed by atoms with Gasteiger partial charge in [0.2, 0.25) is 0 Å². The monoisotopic (exact) mass is 279 g/mol. The Hall–Kier alpha value is -2.29. The second kappa shape index (κ2) is 6.00. The molecule has 21 heavy (non-hydrogen) atoms. The molecule has 0 saturated heterocycles. The van der Waals surface area contributed by atoms with Crippen molar-refractivity contribution in [3.8, 4) is 0 Å². The van der Waals surface area contributed by atoms with E-state index in [1.807, 2.05) is 6.92 Å². The smallest absolute Gasteiger partial charge is 0.0596 e. The highest BCUT2D eigenvalue weighted by Gasteiger charge is 2.00. The third kappa shape index (κ3) is 3.24. The number of fused-ring (bicyclic) bond motifs is 1. The molecule has 0 aliphatic carbocycles. The van der Waals surface area contributed by atoms with Gasteiger partial charge in [0.25, 0.3) is 0 Å². The normalized spacial score (nSPS) is 11.0. The molecule has 0 amide bonds. The quantitative estimate of drug-likeness (QED) is 0.711. The third-order valence-corrected chi connectivity index (χ3v) is 3.73. The number of anilines is 1. The maximum absolute atomic E-state index is 4.48. The lowest BCUT2D eigenvalue weighted by Gasteiger charge is -2.08. The van der Waals surface area contributed by atoms with Crippen LogP contribution in [0.1, 0.15) is 17.8 Å². The number of benzene rings is 2. The first-order chi connectivity index (χ1) is 10.2. The molecule has 3 aromatic rings. The second-order valence-electron chi connectivity index (χ2n) is 5.49. The molecule has 1 heterocycles. The van der Waals surface area contributed by atoms with Crippen molar-refractivity contribution < 1.29 is 0 Å². The average molecular weight is 279 g/mol. The lowest BCUT2D eigenvalue weighted by molar-refractivity contribution is 0.574. The summed E-state index contributed by atoms with van der Waals surface area (Å²) in [5.74, 6) is 0. The van der Waals surface area contributed by atoms with Crippen LogP contribution in [0.25, 0.3) is 10.8 Å². The Labute approximate surface area is 125 Å². The highest BCUT2D eigenvalue weighted by molar-refractivity contribution is 5.85. The molecule has 0 radical (unpaired) electrons. The summed E-state index contributed by atoms with van der Waals surface area (Å²) in [6.07, 6.45) is 1.06. The molecule has 108 valence electrons. The molecule has 0 saturated carbocycles. The van der Waals surface area contributed by atoms with Gasteiger partial charge in [0.05, 0.1) is 5.69 Å². The van der Waals surface area contributed by atoms with Crippen molar-refractivity contribution in [2.45, 2.75) is 26.8 Å². The summed E-state index contributed by atoms with van der Waals surface area (Å²) in [7, 11) is 0. The van der Waals surface area contributed by atoms with Crippen LogP contribution in [0.5, 0.6) is 0 Å². The predicted molar refractivity (Wildman–Crippen MR) is 88.8 cm³/mol. The van der Waals surface area contributed by atoms with E-state index in [2.05, 4.69) is 70.6 Å². The Morgan fingerprint density at radius 3 is 2.57 bits per heavy atom. The van der Waals surface area contributed by atoms with E-state index in [1.54, 1.807) is 0 Å². The summed E-state index contributed by atoms with van der Waals surface area (Å²) in [4.78, 5) is 0. The average Bonchev–Trinajstić information content (AvgIpc) is 2.81. The molecule has 3 heteroatoms. The Kier molecular flexibility index (Phi) is 3.91. The molecule has 1 aromatic heterocycles. The number of rotatable bonds is 5. The molecular formula is C18H21N3. The zero-order chi connectivity index (χ0) is 14.7. The molecule has 0 spiro atoms. The van der Waals surface area contributed by atoms with Crippen LogP contribution in [0.2, 0.25) is 0 Å². The molecule has 3 nitrogen and oxygen atoms in total. The van der Waals surface area contributed by atoms with Crippen molar-refractivity contribution in [2.24, 2.45) is 0 Å². The maximum atomic E-state index is 4.48. The molecule has 0 fully saturated rings. The minimum atomic E-state index is 0.955. The number of hydrogen-bond acceptors (Lipinski definition) is 2. The van der Waals surface area contributed by atoms with E-state index in [9.17, 15) is 0 Å². The van der Waals surface area contributed by atoms with Gasteiger partial charge in [-0.2, -0.15) is 5.10 Å². The molecule has 2 aromatic carbocycles. The lowest BCUT2D eigenvalue weighted by Crippen LogP contribution is -2.08. The summed E-state index contributed by atoms with van der Waals surface area (Å²) in [6.45, 7) is 6.06. The number of aromatic nitrogens is 2. The van der Waals surface area contributed by atoms with Crippen LogP contribution in [-0.2, 0) is 6.54 Å². The standard InChI is InChI=1S/C18H21N3/c1-14-12-15(2)21(20-14)11-5-10-19-18-9-8-16-6-3-4-7-17(16)13-18/h3-4,6-9,12-13,19H,5,10-11H2,1-2H3. The molecule has 0 aliphatic rings. The Morgan fingerprint density at radius 1 is 1.00 bits per heavy atom. The lowest BCUT2D eigenvalue weighted by atomic mass is 10.1. The zero-order valence-corrected chi connectivity index (χ0v) is 12.6. The molecule has 0 unspecified atom stereocenters. The van der Waals surface area contributed by atoms with E-state index in [1.165, 1.54) is 22.2 Å². The van der Waals surface area contributed by atoms with Crippen molar-refractivity contribution in [3.05, 3.63) is 59.9 Å². The van der Waals surface area contributed by atoms with Crippen LogP contribution in [0.4, 0.5) is 5.69 Å². The fourth-order valence-electron chi connectivity index (χ4n) is 2.66. The van der Waals surface area contributed by atoms with Gasteiger partial charge < -0.3 is 5.32 Å². The number of hydrogen-bond donors (Lipinski definition) is 1. The van der Waals surface area contributed by atoms with E-state index in [-0.39, 0.29) is 0 Å². The summed E-state index contributed by atoms with van der Waals surface area (Å²) in [5.41, 5.74) is 3.51. The predicted octanol–water partition coefficient (Wildman–Crippen LogP) is 4.16. The van der Waals surface area contributed by atoms with Gasteiger partial charge >= 0.3 is 0 Å². The van der Waals surface area contributed by atoms with Gasteiger partial charge in [-0.3, -0.25) is 4.68 Å². The third-order valence-electron chi connectivity index (χ3n) is 3.73. The van der Waals surface area contributed by atoms with Crippen LogP contribution in [0.15, 0.2) is 48.5 Å². The van der Waals surface area contributed by atoms with E-state index in [0.29, 0.717) is 0 Å². The molecular weight excluding hydrogens is 258 g/mol. The fraction of sp³-hybridized carbons (Fsp3) is 0.278. The molecule has 1 N–H and O–H groups in total. The molecule has 0 bridgehead atoms. The molecule has 0 aliphatic heterocycles. The van der Waals surface area contributed by atoms with Gasteiger partial charge in [0, 0.05) is 24.5 Å². The summed E-state index contributed by atoms with van der Waals surface area (Å²) >= 11 is 0. The first kappa shape index (κ1) is 13.7. The highest BCUT2D eigenvalue weighted by Crippen LogP contribution is 2.18. The van der Waals surface area contributed by atoms with Crippen molar-refractivity contribution >= 4 is 16.5 Å². The van der Waals surface area contributed by atoms with Crippen molar-refractivity contribution in [2.75, 3.05) is 11.9 Å². The van der Waals surface area contributed by atoms with Crippen LogP contribution >= 0.6 is 0 Å². The molecule has 3 rings (SSSR count). The van der Waals surface area contributed by atoms with Crippen molar-refractivity contribution in [3.63, 3.8) is 0 Å². The fourth-order valence-corrected chi connectivity index (χ4v) is 2.66. The summed E-state index contributed by atoms with van der Waals surface area (Å²) in [5, 5.41) is 10.5. The maximum Gasteiger partial charge on any atom is 0.0596 e. The van der Waals surface area contributed by atoms with Gasteiger partial charge in [-0.25, -0.2) is 0 Å². The number of nitrogens with zero attached hydrogens (tertiary/aromatic N) is 2. The SMILES string of the molecule is Cc1cc(C)n(CCCNc2ccc3ccccc3c2)n1. The first-order valence-corrected chi connectivity index (χ1v) is 7.46. The Bertz CT molecular complexity index is 743. The van der Waals surface area contributed by atoms with E-state index in [4.69, 9.17) is 0 Å². The van der Waals surface area contributed by atoms with Crippen molar-refractivity contribution in [1.82, 2.24) is 9.78 Å². The van der Waals surface area contributed by atoms with Gasteiger partial charge in [-0.05, 0) is 49.2 Å². The van der Waals surface area contributed by atoms with Crippen LogP contribution in [-0.4, -0.2) is 16.3 Å². The van der Waals surface area contributed by atoms with Crippen LogP contribution < -0.4 is 5.32 Å².